The van der Waals surface area contributed by atoms with E-state index < -0.39 is 5.60 Å². The van der Waals surface area contributed by atoms with E-state index in [1.807, 2.05) is 25.7 Å². The molecule has 1 aromatic rings. The van der Waals surface area contributed by atoms with Crippen molar-refractivity contribution < 1.29 is 14.3 Å². The number of rotatable bonds is 3. The molecule has 5 nitrogen and oxygen atoms in total. The van der Waals surface area contributed by atoms with Crippen LogP contribution in [0.4, 0.5) is 4.79 Å². The molecule has 1 aliphatic heterocycles. The molecule has 2 aliphatic rings. The quantitative estimate of drug-likeness (QED) is 0.768. The highest BCUT2D eigenvalue weighted by Gasteiger charge is 2.30. The monoisotopic (exact) mass is 392 g/mol. The smallest absolute Gasteiger partial charge is 0.410 e. The molecule has 3 rings (SSSR count). The van der Waals surface area contributed by atoms with Gasteiger partial charge in [-0.1, -0.05) is 0 Å². The Morgan fingerprint density at radius 3 is 2.74 bits per heavy atom. The van der Waals surface area contributed by atoms with E-state index in [1.165, 1.54) is 23.3 Å². The molecule has 0 aromatic carbocycles. The van der Waals surface area contributed by atoms with Crippen LogP contribution in [0.5, 0.6) is 0 Å². The minimum Gasteiger partial charge on any atom is -0.444 e. The summed E-state index contributed by atoms with van der Waals surface area (Å²) in [6.07, 6.45) is 6.33. The van der Waals surface area contributed by atoms with Crippen molar-refractivity contribution in [2.24, 2.45) is 5.92 Å². The van der Waals surface area contributed by atoms with Crippen LogP contribution in [0.15, 0.2) is 5.38 Å². The van der Waals surface area contributed by atoms with Crippen LogP contribution in [0.25, 0.3) is 0 Å². The number of likely N-dealkylation sites (tertiary alicyclic amines) is 1. The molecule has 1 aliphatic carbocycles. The van der Waals surface area contributed by atoms with Crippen LogP contribution in [0, 0.1) is 5.92 Å². The highest BCUT2D eigenvalue weighted by Crippen LogP contribution is 2.32. The van der Waals surface area contributed by atoms with Gasteiger partial charge in [0, 0.05) is 36.9 Å². The van der Waals surface area contributed by atoms with Gasteiger partial charge < -0.3 is 14.5 Å². The summed E-state index contributed by atoms with van der Waals surface area (Å²) in [5, 5.41) is 2.06. The molecule has 0 saturated carbocycles. The number of fused-ring (bicyclic) bond motifs is 1. The molecule has 1 aromatic heterocycles. The van der Waals surface area contributed by atoms with Gasteiger partial charge in [0.15, 0.2) is 0 Å². The van der Waals surface area contributed by atoms with E-state index in [9.17, 15) is 9.59 Å². The predicted molar refractivity (Wildman–Crippen MR) is 108 cm³/mol. The normalized spacial score (nSPS) is 20.1. The zero-order chi connectivity index (χ0) is 19.6. The summed E-state index contributed by atoms with van der Waals surface area (Å²) in [6, 6.07) is 0. The lowest BCUT2D eigenvalue weighted by atomic mass is 9.93. The van der Waals surface area contributed by atoms with Crippen molar-refractivity contribution >= 4 is 23.3 Å². The lowest BCUT2D eigenvalue weighted by Gasteiger charge is -2.35. The largest absolute Gasteiger partial charge is 0.444 e. The van der Waals surface area contributed by atoms with Crippen LogP contribution in [0.2, 0.25) is 0 Å². The van der Waals surface area contributed by atoms with Gasteiger partial charge in [-0.2, -0.15) is 0 Å². The Morgan fingerprint density at radius 2 is 2.00 bits per heavy atom. The summed E-state index contributed by atoms with van der Waals surface area (Å²) < 4.78 is 5.44. The maximum Gasteiger partial charge on any atom is 0.410 e. The predicted octanol–water partition coefficient (Wildman–Crippen LogP) is 4.35. The minimum absolute atomic E-state index is 0.180. The van der Waals surface area contributed by atoms with E-state index in [-0.39, 0.29) is 12.0 Å². The third-order valence-electron chi connectivity index (χ3n) is 5.34. The number of ether oxygens (including phenoxy) is 1. The van der Waals surface area contributed by atoms with Crippen molar-refractivity contribution in [1.29, 1.82) is 0 Å². The van der Waals surface area contributed by atoms with Crippen molar-refractivity contribution in [2.75, 3.05) is 26.7 Å². The van der Waals surface area contributed by atoms with E-state index in [1.54, 1.807) is 23.3 Å². The summed E-state index contributed by atoms with van der Waals surface area (Å²) in [7, 11) is 1.78. The van der Waals surface area contributed by atoms with Crippen molar-refractivity contribution in [3.8, 4) is 0 Å². The molecule has 27 heavy (non-hydrogen) atoms. The summed E-state index contributed by atoms with van der Waals surface area (Å²) in [4.78, 5) is 30.4. The van der Waals surface area contributed by atoms with Crippen LogP contribution in [0.3, 0.4) is 0 Å². The summed E-state index contributed by atoms with van der Waals surface area (Å²) in [5.74, 6) is 0.480. The SMILES string of the molecule is CN(CC1CCCN(C(=O)c2csc3c2CCCC3)C1)C(=O)OC(C)(C)C. The van der Waals surface area contributed by atoms with Gasteiger partial charge in [0.2, 0.25) is 0 Å². The Balaban J connectivity index is 1.60. The van der Waals surface area contributed by atoms with Crippen LogP contribution in [0.1, 0.15) is 67.3 Å². The van der Waals surface area contributed by atoms with Crippen LogP contribution < -0.4 is 0 Å². The molecule has 2 heterocycles. The third kappa shape index (κ3) is 5.03. The van der Waals surface area contributed by atoms with Crippen LogP contribution in [-0.4, -0.2) is 54.1 Å². The van der Waals surface area contributed by atoms with E-state index in [4.69, 9.17) is 4.74 Å². The lowest BCUT2D eigenvalue weighted by Crippen LogP contribution is -2.45. The van der Waals surface area contributed by atoms with Gasteiger partial charge in [-0.25, -0.2) is 4.79 Å². The average Bonchev–Trinajstić information content (AvgIpc) is 3.04. The number of nitrogens with zero attached hydrogens (tertiary/aromatic N) is 2. The highest BCUT2D eigenvalue weighted by atomic mass is 32.1. The Bertz CT molecular complexity index is 692. The fraction of sp³-hybridized carbons (Fsp3) is 0.714. The molecule has 0 bridgehead atoms. The zero-order valence-corrected chi connectivity index (χ0v) is 17.9. The van der Waals surface area contributed by atoms with Gasteiger partial charge >= 0.3 is 6.09 Å². The average molecular weight is 393 g/mol. The molecule has 150 valence electrons. The number of amides is 2. The summed E-state index contributed by atoms with van der Waals surface area (Å²) in [6.45, 7) is 7.79. The van der Waals surface area contributed by atoms with Crippen molar-refractivity contribution in [2.45, 2.75) is 64.9 Å². The number of carbonyl (C=O) groups is 2. The van der Waals surface area contributed by atoms with E-state index in [0.717, 1.165) is 44.3 Å². The zero-order valence-electron chi connectivity index (χ0n) is 17.0. The van der Waals surface area contributed by atoms with Gasteiger partial charge in [-0.15, -0.1) is 11.3 Å². The van der Waals surface area contributed by atoms with Gasteiger partial charge in [-0.05, 0) is 70.8 Å². The Hall–Kier alpha value is -1.56. The second-order valence-electron chi connectivity index (χ2n) is 8.88. The Kier molecular flexibility index (Phi) is 6.14. The molecule has 0 radical (unpaired) electrons. The number of aryl methyl sites for hydroxylation is 1. The first-order valence-electron chi connectivity index (χ1n) is 10.1. The number of hydrogen-bond donors (Lipinski definition) is 0. The van der Waals surface area contributed by atoms with Gasteiger partial charge in [0.1, 0.15) is 5.60 Å². The van der Waals surface area contributed by atoms with Crippen molar-refractivity contribution in [3.05, 3.63) is 21.4 Å². The van der Waals surface area contributed by atoms with Gasteiger partial charge in [-0.3, -0.25) is 4.79 Å². The number of hydrogen-bond acceptors (Lipinski definition) is 4. The van der Waals surface area contributed by atoms with Gasteiger partial charge in [0.25, 0.3) is 5.91 Å². The maximum absolute atomic E-state index is 13.1. The summed E-state index contributed by atoms with van der Waals surface area (Å²) in [5.41, 5.74) is 1.73. The first-order valence-corrected chi connectivity index (χ1v) is 10.9. The molecule has 2 amide bonds. The molecule has 1 unspecified atom stereocenters. The molecule has 1 fully saturated rings. The van der Waals surface area contributed by atoms with Crippen molar-refractivity contribution in [3.63, 3.8) is 0 Å². The third-order valence-corrected chi connectivity index (χ3v) is 6.42. The highest BCUT2D eigenvalue weighted by molar-refractivity contribution is 7.10. The molecule has 0 N–H and O–H groups in total. The molecule has 1 atom stereocenters. The fourth-order valence-electron chi connectivity index (χ4n) is 4.04. The number of piperidine rings is 1. The standard InChI is InChI=1S/C21H32N2O3S/c1-21(2,3)26-20(25)22(4)12-15-8-7-11-23(13-15)19(24)17-14-27-18-10-6-5-9-16(17)18/h14-15H,5-13H2,1-4H3. The topological polar surface area (TPSA) is 49.9 Å². The maximum atomic E-state index is 13.1. The van der Waals surface area contributed by atoms with Crippen molar-refractivity contribution in [1.82, 2.24) is 9.80 Å². The Morgan fingerprint density at radius 1 is 1.26 bits per heavy atom. The first kappa shape index (κ1) is 20.2. The summed E-state index contributed by atoms with van der Waals surface area (Å²) >= 11 is 1.75. The van der Waals surface area contributed by atoms with E-state index >= 15 is 0 Å². The molecule has 1 saturated heterocycles. The molecule has 0 spiro atoms. The second kappa shape index (κ2) is 8.21. The minimum atomic E-state index is -0.488. The molecular formula is C21H32N2O3S. The molecule has 6 heteroatoms. The second-order valence-corrected chi connectivity index (χ2v) is 9.84. The van der Waals surface area contributed by atoms with E-state index in [2.05, 4.69) is 5.38 Å². The van der Waals surface area contributed by atoms with Gasteiger partial charge in [0.05, 0.1) is 5.56 Å². The lowest BCUT2D eigenvalue weighted by molar-refractivity contribution is 0.0244. The van der Waals surface area contributed by atoms with E-state index in [0.29, 0.717) is 12.5 Å². The number of thiophene rings is 1. The first-order chi connectivity index (χ1) is 12.7. The van der Waals surface area contributed by atoms with Crippen LogP contribution >= 0.6 is 11.3 Å². The molecular weight excluding hydrogens is 360 g/mol. The van der Waals surface area contributed by atoms with Crippen LogP contribution in [-0.2, 0) is 17.6 Å². The Labute approximate surface area is 166 Å². The fourth-order valence-corrected chi connectivity index (χ4v) is 5.16. The number of carbonyl (C=O) groups excluding carboxylic acids is 2.